The molecule has 1 atom stereocenters. The van der Waals surface area contributed by atoms with E-state index < -0.39 is 0 Å². The fourth-order valence-corrected chi connectivity index (χ4v) is 2.43. The minimum absolute atomic E-state index is 0.139. The van der Waals surface area contributed by atoms with E-state index in [-0.39, 0.29) is 6.04 Å². The zero-order chi connectivity index (χ0) is 12.4. The molecular weight excluding hydrogens is 206 g/mol. The van der Waals surface area contributed by atoms with E-state index in [9.17, 15) is 0 Å². The summed E-state index contributed by atoms with van der Waals surface area (Å²) in [5.41, 5.74) is 8.91. The molecule has 0 spiro atoms. The molecule has 2 aromatic carbocycles. The SMILES string of the molecule is Cc1ccc(C(N)CC(C)C)c2ccccc12. The van der Waals surface area contributed by atoms with Gasteiger partial charge in [-0.25, -0.2) is 0 Å². The summed E-state index contributed by atoms with van der Waals surface area (Å²) in [6, 6.07) is 13.0. The molecule has 0 aliphatic carbocycles. The number of nitrogens with two attached hydrogens (primary N) is 1. The van der Waals surface area contributed by atoms with Crippen LogP contribution in [0.5, 0.6) is 0 Å². The van der Waals surface area contributed by atoms with Gasteiger partial charge in [-0.3, -0.25) is 0 Å². The molecule has 1 heteroatoms. The smallest absolute Gasteiger partial charge is 0.0303 e. The fraction of sp³-hybridized carbons (Fsp3) is 0.375. The van der Waals surface area contributed by atoms with E-state index in [0.29, 0.717) is 5.92 Å². The lowest BCUT2D eigenvalue weighted by atomic mass is 9.92. The highest BCUT2D eigenvalue weighted by Gasteiger charge is 2.12. The molecule has 0 bridgehead atoms. The summed E-state index contributed by atoms with van der Waals surface area (Å²) >= 11 is 0. The van der Waals surface area contributed by atoms with E-state index in [1.807, 2.05) is 0 Å². The van der Waals surface area contributed by atoms with Crippen LogP contribution in [-0.2, 0) is 0 Å². The first kappa shape index (κ1) is 12.1. The summed E-state index contributed by atoms with van der Waals surface area (Å²) in [6.45, 7) is 6.59. The van der Waals surface area contributed by atoms with E-state index in [0.717, 1.165) is 6.42 Å². The van der Waals surface area contributed by atoms with Gasteiger partial charge in [-0.15, -0.1) is 0 Å². The fourth-order valence-electron chi connectivity index (χ4n) is 2.43. The van der Waals surface area contributed by atoms with Crippen LogP contribution >= 0.6 is 0 Å². The third-order valence-electron chi connectivity index (χ3n) is 3.30. The molecule has 0 aromatic heterocycles. The first-order valence-corrected chi connectivity index (χ1v) is 6.33. The lowest BCUT2D eigenvalue weighted by Gasteiger charge is -2.17. The van der Waals surface area contributed by atoms with Crippen molar-refractivity contribution in [1.29, 1.82) is 0 Å². The number of rotatable bonds is 3. The third kappa shape index (κ3) is 2.50. The van der Waals surface area contributed by atoms with Crippen molar-refractivity contribution >= 4 is 10.8 Å². The monoisotopic (exact) mass is 227 g/mol. The summed E-state index contributed by atoms with van der Waals surface area (Å²) in [6.07, 6.45) is 1.03. The summed E-state index contributed by atoms with van der Waals surface area (Å²) < 4.78 is 0. The maximum atomic E-state index is 6.31. The van der Waals surface area contributed by atoms with Crippen molar-refractivity contribution in [2.24, 2.45) is 11.7 Å². The molecule has 2 rings (SSSR count). The van der Waals surface area contributed by atoms with Gasteiger partial charge < -0.3 is 5.73 Å². The minimum Gasteiger partial charge on any atom is -0.324 e. The third-order valence-corrected chi connectivity index (χ3v) is 3.30. The maximum absolute atomic E-state index is 6.31. The molecule has 1 unspecified atom stereocenters. The second-order valence-corrected chi connectivity index (χ2v) is 5.25. The first-order valence-electron chi connectivity index (χ1n) is 6.33. The van der Waals surface area contributed by atoms with Crippen molar-refractivity contribution in [2.45, 2.75) is 33.2 Å². The number of hydrogen-bond acceptors (Lipinski definition) is 1. The second kappa shape index (κ2) is 4.89. The van der Waals surface area contributed by atoms with Crippen LogP contribution in [0, 0.1) is 12.8 Å². The first-order chi connectivity index (χ1) is 8.09. The Kier molecular flexibility index (Phi) is 3.49. The maximum Gasteiger partial charge on any atom is 0.0303 e. The molecule has 0 aliphatic rings. The minimum atomic E-state index is 0.139. The average Bonchev–Trinajstić information content (AvgIpc) is 2.29. The summed E-state index contributed by atoms with van der Waals surface area (Å²) in [4.78, 5) is 0. The van der Waals surface area contributed by atoms with Crippen molar-refractivity contribution in [3.05, 3.63) is 47.5 Å². The number of aryl methyl sites for hydroxylation is 1. The summed E-state index contributed by atoms with van der Waals surface area (Å²) in [7, 11) is 0. The van der Waals surface area contributed by atoms with Crippen LogP contribution in [-0.4, -0.2) is 0 Å². The van der Waals surface area contributed by atoms with Crippen molar-refractivity contribution in [1.82, 2.24) is 0 Å². The zero-order valence-electron chi connectivity index (χ0n) is 10.9. The van der Waals surface area contributed by atoms with E-state index >= 15 is 0 Å². The molecule has 1 nitrogen and oxygen atoms in total. The molecule has 17 heavy (non-hydrogen) atoms. The largest absolute Gasteiger partial charge is 0.324 e. The average molecular weight is 227 g/mol. The van der Waals surface area contributed by atoms with E-state index in [1.165, 1.54) is 21.9 Å². The Morgan fingerprint density at radius 3 is 2.29 bits per heavy atom. The molecule has 0 fully saturated rings. The highest BCUT2D eigenvalue weighted by Crippen LogP contribution is 2.28. The van der Waals surface area contributed by atoms with Crippen molar-refractivity contribution in [2.75, 3.05) is 0 Å². The second-order valence-electron chi connectivity index (χ2n) is 5.25. The standard InChI is InChI=1S/C16H21N/c1-11(2)10-16(17)15-9-8-12(3)13-6-4-5-7-14(13)15/h4-9,11,16H,10,17H2,1-3H3. The van der Waals surface area contributed by atoms with Gasteiger partial charge in [0.05, 0.1) is 0 Å². The Bertz CT molecular complexity index is 514. The van der Waals surface area contributed by atoms with E-state index in [4.69, 9.17) is 5.73 Å². The van der Waals surface area contributed by atoms with Crippen molar-refractivity contribution in [3.8, 4) is 0 Å². The Balaban J connectivity index is 2.51. The molecule has 0 aliphatic heterocycles. The van der Waals surface area contributed by atoms with E-state index in [2.05, 4.69) is 57.2 Å². The van der Waals surface area contributed by atoms with Crippen LogP contribution in [0.1, 0.15) is 37.4 Å². The van der Waals surface area contributed by atoms with Gasteiger partial charge in [-0.1, -0.05) is 50.2 Å². The van der Waals surface area contributed by atoms with Gasteiger partial charge in [-0.05, 0) is 41.2 Å². The molecule has 2 aromatic rings. The normalized spacial score (nSPS) is 13.2. The lowest BCUT2D eigenvalue weighted by Crippen LogP contribution is -2.13. The van der Waals surface area contributed by atoms with Crippen molar-refractivity contribution in [3.63, 3.8) is 0 Å². The quantitative estimate of drug-likeness (QED) is 0.835. The molecule has 0 amide bonds. The van der Waals surface area contributed by atoms with Gasteiger partial charge in [0.1, 0.15) is 0 Å². The van der Waals surface area contributed by atoms with Crippen LogP contribution in [0.3, 0.4) is 0 Å². The Morgan fingerprint density at radius 2 is 1.65 bits per heavy atom. The number of fused-ring (bicyclic) bond motifs is 1. The predicted octanol–water partition coefficient (Wildman–Crippen LogP) is 4.19. The molecule has 0 radical (unpaired) electrons. The number of benzene rings is 2. The highest BCUT2D eigenvalue weighted by atomic mass is 14.6. The van der Waals surface area contributed by atoms with Gasteiger partial charge in [0, 0.05) is 6.04 Å². The van der Waals surface area contributed by atoms with Gasteiger partial charge in [0.2, 0.25) is 0 Å². The highest BCUT2D eigenvalue weighted by molar-refractivity contribution is 5.88. The van der Waals surface area contributed by atoms with Crippen LogP contribution < -0.4 is 5.73 Å². The molecular formula is C16H21N. The Hall–Kier alpha value is -1.34. The van der Waals surface area contributed by atoms with Crippen LogP contribution in [0.25, 0.3) is 10.8 Å². The van der Waals surface area contributed by atoms with Crippen LogP contribution in [0.2, 0.25) is 0 Å². The summed E-state index contributed by atoms with van der Waals surface area (Å²) in [5.74, 6) is 0.630. The van der Waals surface area contributed by atoms with Crippen molar-refractivity contribution < 1.29 is 0 Å². The van der Waals surface area contributed by atoms with Gasteiger partial charge in [0.15, 0.2) is 0 Å². The molecule has 2 N–H and O–H groups in total. The Labute approximate surface area is 104 Å². The topological polar surface area (TPSA) is 26.0 Å². The summed E-state index contributed by atoms with van der Waals surface area (Å²) in [5, 5.41) is 2.63. The molecule has 0 saturated heterocycles. The zero-order valence-corrected chi connectivity index (χ0v) is 10.9. The van der Waals surface area contributed by atoms with Gasteiger partial charge in [-0.2, -0.15) is 0 Å². The van der Waals surface area contributed by atoms with Gasteiger partial charge >= 0.3 is 0 Å². The molecule has 0 saturated carbocycles. The lowest BCUT2D eigenvalue weighted by molar-refractivity contribution is 0.512. The van der Waals surface area contributed by atoms with E-state index in [1.54, 1.807) is 0 Å². The van der Waals surface area contributed by atoms with Gasteiger partial charge in [0.25, 0.3) is 0 Å². The molecule has 0 heterocycles. The van der Waals surface area contributed by atoms with Crippen LogP contribution in [0.15, 0.2) is 36.4 Å². The van der Waals surface area contributed by atoms with Crippen LogP contribution in [0.4, 0.5) is 0 Å². The predicted molar refractivity (Wildman–Crippen MR) is 75.1 cm³/mol. The Morgan fingerprint density at radius 1 is 1.00 bits per heavy atom. The number of hydrogen-bond donors (Lipinski definition) is 1. The molecule has 90 valence electrons.